The Hall–Kier alpha value is -1.83. The smallest absolute Gasteiger partial charge is 0.303 e. The third kappa shape index (κ3) is 18.2. The molecule has 0 aliphatic rings. The van der Waals surface area contributed by atoms with Gasteiger partial charge in [-0.05, 0) is 32.1 Å². The first kappa shape index (κ1) is 20.2. The molecule has 0 rings (SSSR count). The normalized spacial score (nSPS) is 12.8. The molecule has 0 spiro atoms. The maximum atomic E-state index is 10.3. The fourth-order valence-corrected chi connectivity index (χ4v) is 1.76. The fraction of sp³-hybridized carbons (Fsp3) is 0.450. The third-order valence-electron chi connectivity index (χ3n) is 3.00. The number of carbonyl (C=O) groups is 1. The number of allylic oxidation sites excluding steroid dienone is 10. The molecule has 2 heteroatoms. The van der Waals surface area contributed by atoms with Crippen LogP contribution in [0.4, 0.5) is 0 Å². The molecule has 0 amide bonds. The minimum absolute atomic E-state index is 0.252. The van der Waals surface area contributed by atoms with Gasteiger partial charge in [0, 0.05) is 6.42 Å². The Morgan fingerprint density at radius 2 is 1.41 bits per heavy atom. The predicted octanol–water partition coefficient (Wildman–Crippen LogP) is 5.99. The maximum Gasteiger partial charge on any atom is 0.303 e. The number of carboxylic acid groups (broad SMARTS) is 1. The average molecular weight is 302 g/mol. The van der Waals surface area contributed by atoms with Crippen molar-refractivity contribution in [3.05, 3.63) is 60.8 Å². The Labute approximate surface area is 135 Å². The molecule has 2 nitrogen and oxygen atoms in total. The van der Waals surface area contributed by atoms with Crippen LogP contribution in [-0.4, -0.2) is 11.1 Å². The molecule has 0 radical (unpaired) electrons. The van der Waals surface area contributed by atoms with Gasteiger partial charge >= 0.3 is 5.97 Å². The summed E-state index contributed by atoms with van der Waals surface area (Å²) < 4.78 is 0. The van der Waals surface area contributed by atoms with E-state index in [0.717, 1.165) is 12.8 Å². The van der Waals surface area contributed by atoms with Crippen molar-refractivity contribution >= 4 is 5.97 Å². The van der Waals surface area contributed by atoms with E-state index in [-0.39, 0.29) is 6.42 Å². The van der Waals surface area contributed by atoms with Crippen LogP contribution >= 0.6 is 0 Å². The molecule has 0 aromatic heterocycles. The highest BCUT2D eigenvalue weighted by Gasteiger charge is 1.92. The summed E-state index contributed by atoms with van der Waals surface area (Å²) in [5.41, 5.74) is 0. The van der Waals surface area contributed by atoms with Crippen LogP contribution in [0.25, 0.3) is 0 Å². The summed E-state index contributed by atoms with van der Waals surface area (Å²) in [5.74, 6) is -0.720. The predicted molar refractivity (Wildman–Crippen MR) is 95.9 cm³/mol. The third-order valence-corrected chi connectivity index (χ3v) is 3.00. The Balaban J connectivity index is 3.55. The number of unbranched alkanes of at least 4 members (excludes halogenated alkanes) is 4. The molecular weight excluding hydrogens is 272 g/mol. The van der Waals surface area contributed by atoms with E-state index in [2.05, 4.69) is 37.3 Å². The quantitative estimate of drug-likeness (QED) is 0.258. The van der Waals surface area contributed by atoms with E-state index in [0.29, 0.717) is 6.42 Å². The summed E-state index contributed by atoms with van der Waals surface area (Å²) in [5, 5.41) is 8.49. The molecule has 0 unspecified atom stereocenters. The zero-order valence-electron chi connectivity index (χ0n) is 13.8. The van der Waals surface area contributed by atoms with Gasteiger partial charge < -0.3 is 5.11 Å². The molecule has 0 fully saturated rings. The zero-order chi connectivity index (χ0) is 16.3. The van der Waals surface area contributed by atoms with Gasteiger partial charge in [0.05, 0.1) is 0 Å². The Kier molecular flexibility index (Phi) is 15.8. The molecule has 122 valence electrons. The Morgan fingerprint density at radius 3 is 2.09 bits per heavy atom. The van der Waals surface area contributed by atoms with Crippen molar-refractivity contribution in [3.8, 4) is 0 Å². The molecule has 0 saturated carbocycles. The summed E-state index contributed by atoms with van der Waals surface area (Å²) in [7, 11) is 0. The van der Waals surface area contributed by atoms with Crippen molar-refractivity contribution in [3.63, 3.8) is 0 Å². The Bertz CT molecular complexity index is 398. The van der Waals surface area contributed by atoms with E-state index in [1.165, 1.54) is 25.7 Å². The van der Waals surface area contributed by atoms with Crippen molar-refractivity contribution in [1.82, 2.24) is 0 Å². The summed E-state index contributed by atoms with van der Waals surface area (Å²) >= 11 is 0. The van der Waals surface area contributed by atoms with Crippen LogP contribution in [0.2, 0.25) is 0 Å². The lowest BCUT2D eigenvalue weighted by molar-refractivity contribution is -0.137. The second-order valence-corrected chi connectivity index (χ2v) is 5.11. The van der Waals surface area contributed by atoms with Crippen LogP contribution in [0.5, 0.6) is 0 Å². The van der Waals surface area contributed by atoms with Gasteiger partial charge in [-0.3, -0.25) is 4.79 Å². The fourth-order valence-electron chi connectivity index (χ4n) is 1.76. The van der Waals surface area contributed by atoms with Crippen LogP contribution in [0, 0.1) is 0 Å². The highest BCUT2D eigenvalue weighted by atomic mass is 16.4. The monoisotopic (exact) mass is 302 g/mol. The first-order chi connectivity index (χ1) is 10.8. The molecular formula is C20H30O2. The first-order valence-corrected chi connectivity index (χ1v) is 8.29. The van der Waals surface area contributed by atoms with Gasteiger partial charge in [-0.25, -0.2) is 0 Å². The van der Waals surface area contributed by atoms with Gasteiger partial charge in [-0.2, -0.15) is 0 Å². The topological polar surface area (TPSA) is 37.3 Å². The Morgan fingerprint density at radius 1 is 0.773 bits per heavy atom. The lowest BCUT2D eigenvalue weighted by atomic mass is 10.2. The van der Waals surface area contributed by atoms with Gasteiger partial charge in [0.25, 0.3) is 0 Å². The van der Waals surface area contributed by atoms with Crippen LogP contribution < -0.4 is 0 Å². The molecule has 0 heterocycles. The van der Waals surface area contributed by atoms with Crippen molar-refractivity contribution in [2.24, 2.45) is 0 Å². The highest BCUT2D eigenvalue weighted by molar-refractivity contribution is 5.66. The summed E-state index contributed by atoms with van der Waals surface area (Å²) in [6.07, 6.45) is 28.4. The van der Waals surface area contributed by atoms with Gasteiger partial charge in [-0.1, -0.05) is 80.5 Å². The molecule has 0 atom stereocenters. The van der Waals surface area contributed by atoms with Crippen molar-refractivity contribution in [1.29, 1.82) is 0 Å². The van der Waals surface area contributed by atoms with Crippen molar-refractivity contribution < 1.29 is 9.90 Å². The van der Waals surface area contributed by atoms with Crippen molar-refractivity contribution in [2.75, 3.05) is 0 Å². The molecule has 22 heavy (non-hydrogen) atoms. The largest absolute Gasteiger partial charge is 0.481 e. The highest BCUT2D eigenvalue weighted by Crippen LogP contribution is 1.99. The summed E-state index contributed by atoms with van der Waals surface area (Å²) in [6.45, 7) is 2.22. The molecule has 0 saturated heterocycles. The van der Waals surface area contributed by atoms with E-state index >= 15 is 0 Å². The van der Waals surface area contributed by atoms with E-state index < -0.39 is 5.97 Å². The number of carboxylic acids is 1. The maximum absolute atomic E-state index is 10.3. The summed E-state index contributed by atoms with van der Waals surface area (Å²) in [6, 6.07) is 0. The molecule has 0 aromatic carbocycles. The first-order valence-electron chi connectivity index (χ1n) is 8.29. The molecule has 1 N–H and O–H groups in total. The second kappa shape index (κ2) is 17.2. The minimum Gasteiger partial charge on any atom is -0.481 e. The van der Waals surface area contributed by atoms with Crippen LogP contribution in [0.15, 0.2) is 60.8 Å². The van der Waals surface area contributed by atoms with E-state index in [1.807, 2.05) is 30.4 Å². The number of hydrogen-bond acceptors (Lipinski definition) is 1. The van der Waals surface area contributed by atoms with E-state index in [4.69, 9.17) is 5.11 Å². The van der Waals surface area contributed by atoms with Gasteiger partial charge in [0.2, 0.25) is 0 Å². The number of rotatable bonds is 13. The van der Waals surface area contributed by atoms with Gasteiger partial charge in [0.15, 0.2) is 0 Å². The van der Waals surface area contributed by atoms with Crippen molar-refractivity contribution in [2.45, 2.75) is 58.3 Å². The van der Waals surface area contributed by atoms with Crippen LogP contribution in [0.3, 0.4) is 0 Å². The zero-order valence-corrected chi connectivity index (χ0v) is 13.8. The SMILES string of the molecule is CCCCCC=C/C=C/C=C/C=CCC=CCCCC(=O)O. The van der Waals surface area contributed by atoms with E-state index in [9.17, 15) is 4.79 Å². The lowest BCUT2D eigenvalue weighted by Crippen LogP contribution is -1.92. The molecule has 0 aliphatic heterocycles. The summed E-state index contributed by atoms with van der Waals surface area (Å²) in [4.78, 5) is 10.3. The molecule has 0 aromatic rings. The molecule has 0 aliphatic carbocycles. The number of aliphatic carboxylic acids is 1. The molecule has 0 bridgehead atoms. The van der Waals surface area contributed by atoms with E-state index in [1.54, 1.807) is 0 Å². The number of hydrogen-bond donors (Lipinski definition) is 1. The van der Waals surface area contributed by atoms with Crippen LogP contribution in [0.1, 0.15) is 58.3 Å². The van der Waals surface area contributed by atoms with Crippen LogP contribution in [-0.2, 0) is 4.79 Å². The lowest BCUT2D eigenvalue weighted by Gasteiger charge is -1.89. The van der Waals surface area contributed by atoms with Gasteiger partial charge in [0.1, 0.15) is 0 Å². The average Bonchev–Trinajstić information content (AvgIpc) is 2.50. The standard InChI is InChI=1S/C20H30O2/c1-2-3-4-5-6-7-8-9-10-11-12-13-14-15-16-17-18-19-20(21)22/h6-13,15-16H,2-5,14,17-19H2,1H3,(H,21,22)/b7-6?,9-8+,11-10+,13-12?,16-15?. The second-order valence-electron chi connectivity index (χ2n) is 5.11. The minimum atomic E-state index is -0.720. The van der Waals surface area contributed by atoms with Gasteiger partial charge in [-0.15, -0.1) is 0 Å².